The molecule has 0 unspecified atom stereocenters. The Labute approximate surface area is 176 Å². The summed E-state index contributed by atoms with van der Waals surface area (Å²) in [5, 5.41) is 0. The van der Waals surface area contributed by atoms with Crippen LogP contribution in [0.3, 0.4) is 0 Å². The average molecular weight is 379 g/mol. The number of rotatable bonds is 6. The number of allylic oxidation sites excluding steroid dienone is 8. The van der Waals surface area contributed by atoms with Crippen molar-refractivity contribution in [1.82, 2.24) is 0 Å². The molecule has 0 aromatic heterocycles. The van der Waals surface area contributed by atoms with Gasteiger partial charge in [0.1, 0.15) is 0 Å². The third-order valence-corrected chi connectivity index (χ3v) is 5.41. The molecular formula is C29H30. The highest BCUT2D eigenvalue weighted by atomic mass is 14.2. The van der Waals surface area contributed by atoms with Gasteiger partial charge in [-0.05, 0) is 40.5 Å². The number of hydrogen-bond donors (Lipinski definition) is 0. The number of benzene rings is 2. The first-order valence-corrected chi connectivity index (χ1v) is 10.2. The fourth-order valence-corrected chi connectivity index (χ4v) is 3.28. The Morgan fingerprint density at radius 1 is 0.690 bits per heavy atom. The molecule has 0 spiro atoms. The number of hydrogen-bond acceptors (Lipinski definition) is 0. The van der Waals surface area contributed by atoms with E-state index in [1.165, 1.54) is 22.3 Å². The Morgan fingerprint density at radius 2 is 1.28 bits per heavy atom. The quantitative estimate of drug-likeness (QED) is 0.451. The summed E-state index contributed by atoms with van der Waals surface area (Å²) >= 11 is 0. The van der Waals surface area contributed by atoms with Gasteiger partial charge in [-0.25, -0.2) is 0 Å². The van der Waals surface area contributed by atoms with E-state index in [-0.39, 0.29) is 10.8 Å². The molecule has 0 saturated carbocycles. The zero-order chi connectivity index (χ0) is 20.7. The van der Waals surface area contributed by atoms with Gasteiger partial charge in [-0.15, -0.1) is 5.73 Å². The van der Waals surface area contributed by atoms with Crippen LogP contribution in [0.1, 0.15) is 44.4 Å². The third-order valence-electron chi connectivity index (χ3n) is 5.41. The molecule has 1 aliphatic rings. The summed E-state index contributed by atoms with van der Waals surface area (Å²) in [6.07, 6.45) is 19.0. The van der Waals surface area contributed by atoms with Crippen LogP contribution in [0.2, 0.25) is 0 Å². The second-order valence-electron chi connectivity index (χ2n) is 8.62. The van der Waals surface area contributed by atoms with E-state index in [1.54, 1.807) is 0 Å². The first-order chi connectivity index (χ1) is 13.9. The van der Waals surface area contributed by atoms with Crippen molar-refractivity contribution in [3.63, 3.8) is 0 Å². The second-order valence-corrected chi connectivity index (χ2v) is 8.62. The molecule has 29 heavy (non-hydrogen) atoms. The van der Waals surface area contributed by atoms with Gasteiger partial charge < -0.3 is 0 Å². The lowest BCUT2D eigenvalue weighted by Crippen LogP contribution is -2.16. The molecule has 0 saturated heterocycles. The molecule has 0 heteroatoms. The molecular weight excluding hydrogens is 348 g/mol. The van der Waals surface area contributed by atoms with E-state index in [1.807, 2.05) is 24.3 Å². The molecule has 0 nitrogen and oxygen atoms in total. The smallest absolute Gasteiger partial charge is 0.00786 e. The van der Waals surface area contributed by atoms with Crippen LogP contribution in [0, 0.1) is 0 Å². The van der Waals surface area contributed by atoms with Crippen molar-refractivity contribution in [3.05, 3.63) is 131 Å². The third kappa shape index (κ3) is 5.70. The minimum absolute atomic E-state index is 0.0242. The lowest BCUT2D eigenvalue weighted by atomic mass is 9.79. The topological polar surface area (TPSA) is 0 Å². The maximum Gasteiger partial charge on any atom is 0.00786 e. The molecule has 2 aromatic carbocycles. The molecule has 2 aromatic rings. The largest absolute Gasteiger partial charge is 0.121 e. The van der Waals surface area contributed by atoms with E-state index >= 15 is 0 Å². The Hall–Kier alpha value is -3.08. The van der Waals surface area contributed by atoms with Crippen LogP contribution in [-0.2, 0) is 10.8 Å². The van der Waals surface area contributed by atoms with Crippen molar-refractivity contribution < 1.29 is 0 Å². The van der Waals surface area contributed by atoms with Crippen LogP contribution in [0.5, 0.6) is 0 Å². The van der Waals surface area contributed by atoms with Gasteiger partial charge in [-0.3, -0.25) is 0 Å². The summed E-state index contributed by atoms with van der Waals surface area (Å²) in [6, 6.07) is 19.5. The van der Waals surface area contributed by atoms with Crippen LogP contribution < -0.4 is 0 Å². The zero-order valence-electron chi connectivity index (χ0n) is 17.9. The lowest BCUT2D eigenvalue weighted by Gasteiger charge is -2.25. The Kier molecular flexibility index (Phi) is 6.37. The van der Waals surface area contributed by atoms with E-state index in [0.717, 1.165) is 0 Å². The van der Waals surface area contributed by atoms with Crippen LogP contribution in [0.4, 0.5) is 0 Å². The fraction of sp³-hybridized carbons (Fsp3) is 0.207. The maximum absolute atomic E-state index is 3.09. The highest BCUT2D eigenvalue weighted by Crippen LogP contribution is 2.30. The molecule has 0 bridgehead atoms. The minimum Gasteiger partial charge on any atom is -0.121 e. The summed E-state index contributed by atoms with van der Waals surface area (Å²) < 4.78 is 0. The van der Waals surface area contributed by atoms with Gasteiger partial charge in [0.25, 0.3) is 0 Å². The molecule has 0 N–H and O–H groups in total. The van der Waals surface area contributed by atoms with Gasteiger partial charge in [0.2, 0.25) is 0 Å². The molecule has 0 fully saturated rings. The molecule has 1 aliphatic carbocycles. The molecule has 0 aliphatic heterocycles. The van der Waals surface area contributed by atoms with Crippen molar-refractivity contribution in [2.24, 2.45) is 0 Å². The van der Waals surface area contributed by atoms with Gasteiger partial charge in [-0.1, -0.05) is 119 Å². The van der Waals surface area contributed by atoms with E-state index in [2.05, 4.69) is 118 Å². The van der Waals surface area contributed by atoms with Crippen molar-refractivity contribution >= 4 is 6.08 Å². The molecule has 3 rings (SSSR count). The molecule has 0 atom stereocenters. The van der Waals surface area contributed by atoms with Crippen molar-refractivity contribution in [2.45, 2.75) is 38.5 Å². The Bertz CT molecular complexity index is 997. The first-order valence-electron chi connectivity index (χ1n) is 10.2. The van der Waals surface area contributed by atoms with E-state index in [0.29, 0.717) is 0 Å². The average Bonchev–Trinajstić information content (AvgIpc) is 3.01. The Morgan fingerprint density at radius 3 is 1.90 bits per heavy atom. The summed E-state index contributed by atoms with van der Waals surface area (Å²) in [7, 11) is 0. The molecule has 0 heterocycles. The van der Waals surface area contributed by atoms with E-state index in [4.69, 9.17) is 0 Å². The fourth-order valence-electron chi connectivity index (χ4n) is 3.28. The van der Waals surface area contributed by atoms with Crippen molar-refractivity contribution in [1.29, 1.82) is 0 Å². The summed E-state index contributed by atoms with van der Waals surface area (Å²) in [5.41, 5.74) is 8.08. The Balaban J connectivity index is 1.75. The predicted molar refractivity (Wildman–Crippen MR) is 127 cm³/mol. The summed E-state index contributed by atoms with van der Waals surface area (Å²) in [5.74, 6) is 0. The van der Waals surface area contributed by atoms with Crippen molar-refractivity contribution in [2.75, 3.05) is 0 Å². The highest BCUT2D eigenvalue weighted by molar-refractivity contribution is 5.52. The zero-order valence-corrected chi connectivity index (χ0v) is 17.9. The molecule has 146 valence electrons. The van der Waals surface area contributed by atoms with Crippen molar-refractivity contribution in [3.8, 4) is 0 Å². The monoisotopic (exact) mass is 378 g/mol. The first kappa shape index (κ1) is 20.6. The van der Waals surface area contributed by atoms with E-state index in [9.17, 15) is 0 Å². The van der Waals surface area contributed by atoms with Crippen LogP contribution in [-0.4, -0.2) is 0 Å². The van der Waals surface area contributed by atoms with E-state index < -0.39 is 0 Å². The van der Waals surface area contributed by atoms with Gasteiger partial charge in [0.05, 0.1) is 0 Å². The van der Waals surface area contributed by atoms with Gasteiger partial charge >= 0.3 is 0 Å². The SMILES string of the molecule is CC(C)(/C=C/C1=CC=C=CC=C1)c1ccc(C(C)(C)/C=C/c2ccccc2)cc1. The van der Waals surface area contributed by atoms with Gasteiger partial charge in [0, 0.05) is 10.8 Å². The standard InChI is InChI=1S/C29H30/c1-28(2,22-20-24-12-8-5-6-9-13-24)26-16-18-27(19-17-26)29(3,4)23-21-25-14-10-7-11-15-25/h5,7-23H,1-4H3/b22-20+,23-21+. The second kappa shape index (κ2) is 8.95. The van der Waals surface area contributed by atoms with Crippen LogP contribution in [0.15, 0.2) is 115 Å². The van der Waals surface area contributed by atoms with Crippen LogP contribution in [0.25, 0.3) is 6.08 Å². The molecule has 0 amide bonds. The highest BCUT2D eigenvalue weighted by Gasteiger charge is 2.20. The molecule has 0 radical (unpaired) electrons. The lowest BCUT2D eigenvalue weighted by molar-refractivity contribution is 0.655. The predicted octanol–water partition coefficient (Wildman–Crippen LogP) is 7.72. The maximum atomic E-state index is 3.09. The van der Waals surface area contributed by atoms with Crippen LogP contribution >= 0.6 is 0 Å². The summed E-state index contributed by atoms with van der Waals surface area (Å²) in [4.78, 5) is 0. The summed E-state index contributed by atoms with van der Waals surface area (Å²) in [6.45, 7) is 9.04. The van der Waals surface area contributed by atoms with Gasteiger partial charge in [-0.2, -0.15) is 0 Å². The normalized spacial score (nSPS) is 14.6. The van der Waals surface area contributed by atoms with Gasteiger partial charge in [0.15, 0.2) is 0 Å². The minimum atomic E-state index is -0.0410.